The van der Waals surface area contributed by atoms with Crippen LogP contribution < -0.4 is 11.1 Å². The van der Waals surface area contributed by atoms with E-state index in [1.165, 1.54) is 12.2 Å². The summed E-state index contributed by atoms with van der Waals surface area (Å²) in [5.41, 5.74) is 4.80. The summed E-state index contributed by atoms with van der Waals surface area (Å²) in [6.45, 7) is 5.03. The molecule has 90 valence electrons. The number of rotatable bonds is 4. The lowest BCUT2D eigenvalue weighted by Gasteiger charge is -2.18. The molecule has 3 N–H and O–H groups in total. The Morgan fingerprint density at radius 1 is 1.31 bits per heavy atom. The van der Waals surface area contributed by atoms with Gasteiger partial charge in [0, 0.05) is 6.08 Å². The number of amides is 3. The molecule has 0 aromatic rings. The van der Waals surface area contributed by atoms with E-state index in [1.807, 2.05) is 5.32 Å². The molecular weight excluding hydrogens is 212 g/mol. The lowest BCUT2D eigenvalue weighted by Crippen LogP contribution is -2.45. The lowest BCUT2D eigenvalue weighted by molar-refractivity contribution is -0.153. The van der Waals surface area contributed by atoms with Crippen LogP contribution in [0.1, 0.15) is 20.8 Å². The summed E-state index contributed by atoms with van der Waals surface area (Å²) in [5.74, 6) is -1.62. The van der Waals surface area contributed by atoms with Gasteiger partial charge in [0.1, 0.15) is 0 Å². The van der Waals surface area contributed by atoms with E-state index in [2.05, 4.69) is 0 Å². The molecule has 0 saturated heterocycles. The number of carbonyl (C=O) groups excluding carboxylic acids is 3. The van der Waals surface area contributed by atoms with Crippen LogP contribution in [0.2, 0.25) is 0 Å². The van der Waals surface area contributed by atoms with E-state index in [1.54, 1.807) is 20.8 Å². The van der Waals surface area contributed by atoms with Gasteiger partial charge in [0.05, 0.1) is 0 Å². The average molecular weight is 228 g/mol. The zero-order valence-electron chi connectivity index (χ0n) is 9.52. The van der Waals surface area contributed by atoms with Crippen LogP contribution in [0.3, 0.4) is 0 Å². The number of allylic oxidation sites excluding steroid dienone is 1. The van der Waals surface area contributed by atoms with Crippen molar-refractivity contribution < 1.29 is 19.1 Å². The smallest absolute Gasteiger partial charge is 0.331 e. The first kappa shape index (κ1) is 14.2. The van der Waals surface area contributed by atoms with Gasteiger partial charge in [-0.1, -0.05) is 19.9 Å². The topological polar surface area (TPSA) is 98.5 Å². The maximum atomic E-state index is 11.4. The molecule has 0 heterocycles. The number of hydrogen-bond acceptors (Lipinski definition) is 4. The molecule has 0 spiro atoms. The van der Waals surface area contributed by atoms with Crippen LogP contribution in [0.4, 0.5) is 4.79 Å². The van der Waals surface area contributed by atoms with Crippen LogP contribution in [-0.2, 0) is 14.3 Å². The Labute approximate surface area is 93.8 Å². The van der Waals surface area contributed by atoms with Gasteiger partial charge in [0.2, 0.25) is 0 Å². The van der Waals surface area contributed by atoms with E-state index in [4.69, 9.17) is 10.5 Å². The highest BCUT2D eigenvalue weighted by Gasteiger charge is 2.26. The van der Waals surface area contributed by atoms with Crippen molar-refractivity contribution in [1.29, 1.82) is 0 Å². The van der Waals surface area contributed by atoms with Gasteiger partial charge in [0.25, 0.3) is 5.91 Å². The van der Waals surface area contributed by atoms with Crippen molar-refractivity contribution in [2.24, 2.45) is 11.7 Å². The second-order valence-electron chi connectivity index (χ2n) is 3.46. The molecule has 0 rings (SSSR count). The van der Waals surface area contributed by atoms with Crippen LogP contribution in [0.15, 0.2) is 12.2 Å². The van der Waals surface area contributed by atoms with Crippen molar-refractivity contribution in [2.75, 3.05) is 0 Å². The zero-order valence-corrected chi connectivity index (χ0v) is 9.52. The van der Waals surface area contributed by atoms with E-state index in [-0.39, 0.29) is 5.92 Å². The van der Waals surface area contributed by atoms with Gasteiger partial charge in [0.15, 0.2) is 6.10 Å². The van der Waals surface area contributed by atoms with E-state index in [0.717, 1.165) is 0 Å². The monoisotopic (exact) mass is 228 g/mol. The quantitative estimate of drug-likeness (QED) is 0.535. The fraction of sp³-hybridized carbons (Fsp3) is 0.500. The molecule has 1 unspecified atom stereocenters. The SMILES string of the molecule is CC=CC(=O)OC(C(=O)NC(N)=O)C(C)C. The van der Waals surface area contributed by atoms with E-state index in [0.29, 0.717) is 0 Å². The highest BCUT2D eigenvalue weighted by Crippen LogP contribution is 2.07. The Morgan fingerprint density at radius 3 is 2.25 bits per heavy atom. The van der Waals surface area contributed by atoms with Gasteiger partial charge in [-0.05, 0) is 12.8 Å². The number of esters is 1. The summed E-state index contributed by atoms with van der Waals surface area (Å²) >= 11 is 0. The van der Waals surface area contributed by atoms with Crippen molar-refractivity contribution in [1.82, 2.24) is 5.32 Å². The van der Waals surface area contributed by atoms with Gasteiger partial charge in [-0.3, -0.25) is 10.1 Å². The summed E-state index contributed by atoms with van der Waals surface area (Å²) in [7, 11) is 0. The number of urea groups is 1. The van der Waals surface area contributed by atoms with Crippen LogP contribution in [0.25, 0.3) is 0 Å². The van der Waals surface area contributed by atoms with E-state index >= 15 is 0 Å². The van der Waals surface area contributed by atoms with Crippen molar-refractivity contribution >= 4 is 17.9 Å². The number of primary amides is 1. The standard InChI is InChI=1S/C10H16N2O4/c1-4-5-7(13)16-8(6(2)3)9(14)12-10(11)15/h4-6,8H,1-3H3,(H3,11,12,14,15). The zero-order chi connectivity index (χ0) is 12.7. The molecule has 0 aliphatic carbocycles. The molecule has 6 heteroatoms. The highest BCUT2D eigenvalue weighted by atomic mass is 16.5. The first-order valence-electron chi connectivity index (χ1n) is 4.82. The minimum absolute atomic E-state index is 0.256. The molecule has 0 aliphatic heterocycles. The molecule has 0 aliphatic rings. The Kier molecular flexibility index (Phi) is 5.84. The number of imide groups is 1. The summed E-state index contributed by atoms with van der Waals surface area (Å²) in [4.78, 5) is 33.0. The molecule has 0 aromatic carbocycles. The summed E-state index contributed by atoms with van der Waals surface area (Å²) < 4.78 is 4.87. The Morgan fingerprint density at radius 2 is 1.88 bits per heavy atom. The van der Waals surface area contributed by atoms with Crippen molar-refractivity contribution in [3.05, 3.63) is 12.2 Å². The van der Waals surface area contributed by atoms with Gasteiger partial charge in [-0.25, -0.2) is 9.59 Å². The lowest BCUT2D eigenvalue weighted by atomic mass is 10.1. The Balaban J connectivity index is 4.55. The van der Waals surface area contributed by atoms with Crippen LogP contribution in [0, 0.1) is 5.92 Å². The number of nitrogens with two attached hydrogens (primary N) is 1. The first-order chi connectivity index (χ1) is 7.38. The van der Waals surface area contributed by atoms with Gasteiger partial charge >= 0.3 is 12.0 Å². The molecular formula is C10H16N2O4. The maximum Gasteiger partial charge on any atom is 0.331 e. The predicted molar refractivity (Wildman–Crippen MR) is 57.3 cm³/mol. The second-order valence-corrected chi connectivity index (χ2v) is 3.46. The van der Waals surface area contributed by atoms with Crippen LogP contribution in [0.5, 0.6) is 0 Å². The molecule has 3 amide bonds. The van der Waals surface area contributed by atoms with Gasteiger partial charge < -0.3 is 10.5 Å². The van der Waals surface area contributed by atoms with E-state index < -0.39 is 24.0 Å². The largest absolute Gasteiger partial charge is 0.449 e. The molecule has 0 radical (unpaired) electrons. The third kappa shape index (κ3) is 5.14. The Bertz CT molecular complexity index is 310. The van der Waals surface area contributed by atoms with Crippen LogP contribution >= 0.6 is 0 Å². The molecule has 0 bridgehead atoms. The summed E-state index contributed by atoms with van der Waals surface area (Å²) in [6.07, 6.45) is 1.65. The normalized spacial score (nSPS) is 12.5. The van der Waals surface area contributed by atoms with Gasteiger partial charge in [-0.15, -0.1) is 0 Å². The van der Waals surface area contributed by atoms with Crippen molar-refractivity contribution in [3.8, 4) is 0 Å². The van der Waals surface area contributed by atoms with Gasteiger partial charge in [-0.2, -0.15) is 0 Å². The number of hydrogen-bond donors (Lipinski definition) is 2. The highest BCUT2D eigenvalue weighted by molar-refractivity contribution is 5.97. The summed E-state index contributed by atoms with van der Waals surface area (Å²) in [6, 6.07) is -0.974. The maximum absolute atomic E-state index is 11.4. The fourth-order valence-corrected chi connectivity index (χ4v) is 0.985. The third-order valence-electron chi connectivity index (χ3n) is 1.66. The van der Waals surface area contributed by atoms with Crippen molar-refractivity contribution in [3.63, 3.8) is 0 Å². The minimum atomic E-state index is -1.03. The molecule has 1 atom stereocenters. The molecule has 0 fully saturated rings. The van der Waals surface area contributed by atoms with Crippen molar-refractivity contribution in [2.45, 2.75) is 26.9 Å². The van der Waals surface area contributed by atoms with Crippen LogP contribution in [-0.4, -0.2) is 24.0 Å². The summed E-state index contributed by atoms with van der Waals surface area (Å²) in [5, 5.41) is 1.87. The first-order valence-corrected chi connectivity index (χ1v) is 4.82. The van der Waals surface area contributed by atoms with E-state index in [9.17, 15) is 14.4 Å². The number of carbonyl (C=O) groups is 3. The fourth-order valence-electron chi connectivity index (χ4n) is 0.985. The third-order valence-corrected chi connectivity index (χ3v) is 1.66. The second kappa shape index (κ2) is 6.60. The minimum Gasteiger partial charge on any atom is -0.449 e. The molecule has 16 heavy (non-hydrogen) atoms. The Hall–Kier alpha value is -1.85. The predicted octanol–water partition coefficient (Wildman–Crippen LogP) is 0.325. The number of nitrogens with one attached hydrogen (secondary N) is 1. The number of ether oxygens (including phenoxy) is 1. The average Bonchev–Trinajstić information content (AvgIpc) is 2.12. The molecule has 6 nitrogen and oxygen atoms in total. The molecule has 0 saturated carbocycles. The molecule has 0 aromatic heterocycles.